The summed E-state index contributed by atoms with van der Waals surface area (Å²) in [6, 6.07) is 0.0323. The van der Waals surface area contributed by atoms with Gasteiger partial charge in [-0.25, -0.2) is 0 Å². The monoisotopic (exact) mass is 269 g/mol. The third kappa shape index (κ3) is 5.87. The standard InChI is InChI=1S/C14H23NO4/c1-9-7-13(11(3)18-8-9)15-14(17)6-5-10(2)19-12(4)16/h5-6,9-11,13H,7-8H2,1-4H3,(H,15,17)/b6-5-/t9-,10-,11+,13+/m0/s1. The predicted molar refractivity (Wildman–Crippen MR) is 71.5 cm³/mol. The molecule has 1 heterocycles. The predicted octanol–water partition coefficient (Wildman–Crippen LogP) is 1.42. The summed E-state index contributed by atoms with van der Waals surface area (Å²) in [5.41, 5.74) is 0. The Hall–Kier alpha value is -1.36. The van der Waals surface area contributed by atoms with Crippen LogP contribution in [0.1, 0.15) is 34.1 Å². The summed E-state index contributed by atoms with van der Waals surface area (Å²) in [4.78, 5) is 22.5. The van der Waals surface area contributed by atoms with Crippen molar-refractivity contribution < 1.29 is 19.1 Å². The van der Waals surface area contributed by atoms with Crippen LogP contribution in [0.25, 0.3) is 0 Å². The van der Waals surface area contributed by atoms with Crippen LogP contribution in [0.3, 0.4) is 0 Å². The van der Waals surface area contributed by atoms with Gasteiger partial charge in [0, 0.05) is 19.6 Å². The highest BCUT2D eigenvalue weighted by Crippen LogP contribution is 2.18. The molecule has 1 N–H and O–H groups in total. The maximum Gasteiger partial charge on any atom is 0.303 e. The van der Waals surface area contributed by atoms with Crippen LogP contribution in [-0.2, 0) is 19.1 Å². The van der Waals surface area contributed by atoms with Crippen molar-refractivity contribution >= 4 is 11.9 Å². The Bertz CT molecular complexity index is 353. The van der Waals surface area contributed by atoms with Crippen molar-refractivity contribution in [2.45, 2.75) is 52.4 Å². The summed E-state index contributed by atoms with van der Waals surface area (Å²) >= 11 is 0. The largest absolute Gasteiger partial charge is 0.459 e. The average Bonchev–Trinajstić information content (AvgIpc) is 2.30. The molecule has 19 heavy (non-hydrogen) atoms. The normalized spacial score (nSPS) is 28.9. The Morgan fingerprint density at radius 2 is 2.11 bits per heavy atom. The number of hydrogen-bond acceptors (Lipinski definition) is 4. The number of ether oxygens (including phenoxy) is 2. The van der Waals surface area contributed by atoms with Crippen molar-refractivity contribution in [1.82, 2.24) is 5.32 Å². The number of nitrogens with one attached hydrogen (secondary N) is 1. The highest BCUT2D eigenvalue weighted by molar-refractivity contribution is 5.87. The molecule has 0 unspecified atom stereocenters. The highest BCUT2D eigenvalue weighted by atomic mass is 16.5. The molecule has 0 aliphatic carbocycles. The topological polar surface area (TPSA) is 64.6 Å². The molecule has 0 aromatic rings. The molecule has 0 spiro atoms. The Kier molecular flexibility index (Phi) is 6.02. The second-order valence-corrected chi connectivity index (χ2v) is 5.17. The number of rotatable bonds is 4. The maximum absolute atomic E-state index is 11.8. The van der Waals surface area contributed by atoms with Gasteiger partial charge in [0.2, 0.25) is 5.91 Å². The zero-order valence-electron chi connectivity index (χ0n) is 12.0. The van der Waals surface area contributed by atoms with Crippen LogP contribution < -0.4 is 5.32 Å². The molecular weight excluding hydrogens is 246 g/mol. The number of carbonyl (C=O) groups excluding carboxylic acids is 2. The third-order valence-electron chi connectivity index (χ3n) is 3.06. The zero-order valence-corrected chi connectivity index (χ0v) is 12.0. The smallest absolute Gasteiger partial charge is 0.303 e. The van der Waals surface area contributed by atoms with Crippen molar-refractivity contribution in [3.05, 3.63) is 12.2 Å². The first kappa shape index (κ1) is 15.7. The molecule has 1 amide bonds. The summed E-state index contributed by atoms with van der Waals surface area (Å²) in [5.74, 6) is -0.0975. The molecule has 5 nitrogen and oxygen atoms in total. The fourth-order valence-corrected chi connectivity index (χ4v) is 2.06. The van der Waals surface area contributed by atoms with Gasteiger partial charge in [-0.1, -0.05) is 6.92 Å². The second-order valence-electron chi connectivity index (χ2n) is 5.17. The fraction of sp³-hybridized carbons (Fsp3) is 0.714. The molecule has 1 rings (SSSR count). The Balaban J connectivity index is 2.41. The minimum atomic E-state index is -0.401. The molecule has 0 bridgehead atoms. The van der Waals surface area contributed by atoms with Gasteiger partial charge >= 0.3 is 5.97 Å². The Morgan fingerprint density at radius 1 is 1.42 bits per heavy atom. The van der Waals surface area contributed by atoms with Crippen molar-refractivity contribution in [3.63, 3.8) is 0 Å². The van der Waals surface area contributed by atoms with E-state index in [0.717, 1.165) is 13.0 Å². The van der Waals surface area contributed by atoms with E-state index in [1.807, 2.05) is 6.92 Å². The van der Waals surface area contributed by atoms with Crippen molar-refractivity contribution in [2.75, 3.05) is 6.61 Å². The lowest BCUT2D eigenvalue weighted by molar-refractivity contribution is -0.143. The Labute approximate surface area is 114 Å². The van der Waals surface area contributed by atoms with Gasteiger partial charge in [0.15, 0.2) is 0 Å². The minimum Gasteiger partial charge on any atom is -0.459 e. The van der Waals surface area contributed by atoms with Gasteiger partial charge in [0.05, 0.1) is 12.1 Å². The lowest BCUT2D eigenvalue weighted by Gasteiger charge is -2.33. The van der Waals surface area contributed by atoms with Gasteiger partial charge in [-0.05, 0) is 32.3 Å². The van der Waals surface area contributed by atoms with Crippen LogP contribution in [0.2, 0.25) is 0 Å². The van der Waals surface area contributed by atoms with Crippen molar-refractivity contribution in [3.8, 4) is 0 Å². The first-order valence-corrected chi connectivity index (χ1v) is 6.66. The van der Waals surface area contributed by atoms with E-state index in [1.54, 1.807) is 13.0 Å². The molecule has 0 saturated carbocycles. The van der Waals surface area contributed by atoms with E-state index < -0.39 is 6.10 Å². The first-order valence-electron chi connectivity index (χ1n) is 6.66. The van der Waals surface area contributed by atoms with Gasteiger partial charge in [0.25, 0.3) is 0 Å². The molecule has 1 aliphatic heterocycles. The molecule has 0 aromatic heterocycles. The van der Waals surface area contributed by atoms with Gasteiger partial charge in [-0.15, -0.1) is 0 Å². The van der Waals surface area contributed by atoms with E-state index >= 15 is 0 Å². The number of hydrogen-bond donors (Lipinski definition) is 1. The van der Waals surface area contributed by atoms with E-state index in [2.05, 4.69) is 12.2 Å². The average molecular weight is 269 g/mol. The van der Waals surface area contributed by atoms with Crippen LogP contribution >= 0.6 is 0 Å². The zero-order chi connectivity index (χ0) is 14.4. The van der Waals surface area contributed by atoms with Gasteiger partial charge in [0.1, 0.15) is 6.10 Å². The third-order valence-corrected chi connectivity index (χ3v) is 3.06. The van der Waals surface area contributed by atoms with E-state index in [1.165, 1.54) is 13.0 Å². The van der Waals surface area contributed by atoms with E-state index in [9.17, 15) is 9.59 Å². The van der Waals surface area contributed by atoms with E-state index in [4.69, 9.17) is 9.47 Å². The molecule has 5 heteroatoms. The van der Waals surface area contributed by atoms with Crippen molar-refractivity contribution in [2.24, 2.45) is 5.92 Å². The second kappa shape index (κ2) is 7.28. The van der Waals surface area contributed by atoms with Crippen LogP contribution in [-0.4, -0.2) is 36.7 Å². The molecular formula is C14H23NO4. The number of amides is 1. The van der Waals surface area contributed by atoms with Crippen molar-refractivity contribution in [1.29, 1.82) is 0 Å². The Morgan fingerprint density at radius 3 is 2.74 bits per heavy atom. The summed E-state index contributed by atoms with van der Waals surface area (Å²) < 4.78 is 10.5. The summed E-state index contributed by atoms with van der Waals surface area (Å²) in [5, 5.41) is 2.92. The highest BCUT2D eigenvalue weighted by Gasteiger charge is 2.26. The molecule has 0 radical (unpaired) electrons. The summed E-state index contributed by atoms with van der Waals surface area (Å²) in [6.45, 7) is 7.85. The van der Waals surface area contributed by atoms with Crippen LogP contribution in [0.5, 0.6) is 0 Å². The summed E-state index contributed by atoms with van der Waals surface area (Å²) in [6.07, 6.45) is 3.51. The lowest BCUT2D eigenvalue weighted by Crippen LogP contribution is -2.47. The lowest BCUT2D eigenvalue weighted by atomic mass is 9.96. The molecule has 108 valence electrons. The quantitative estimate of drug-likeness (QED) is 0.619. The van der Waals surface area contributed by atoms with Gasteiger partial charge in [-0.3, -0.25) is 9.59 Å². The van der Waals surface area contributed by atoms with Gasteiger partial charge in [-0.2, -0.15) is 0 Å². The van der Waals surface area contributed by atoms with Gasteiger partial charge < -0.3 is 14.8 Å². The van der Waals surface area contributed by atoms with E-state index in [0.29, 0.717) is 5.92 Å². The number of carbonyl (C=O) groups is 2. The molecule has 1 fully saturated rings. The molecule has 0 aromatic carbocycles. The molecule has 1 aliphatic rings. The summed E-state index contributed by atoms with van der Waals surface area (Å²) in [7, 11) is 0. The first-order chi connectivity index (χ1) is 8.88. The van der Waals surface area contributed by atoms with Crippen LogP contribution in [0, 0.1) is 5.92 Å². The minimum absolute atomic E-state index is 0.0273. The van der Waals surface area contributed by atoms with Crippen LogP contribution in [0.15, 0.2) is 12.2 Å². The molecule has 1 saturated heterocycles. The van der Waals surface area contributed by atoms with Crippen LogP contribution in [0.4, 0.5) is 0 Å². The molecule has 4 atom stereocenters. The maximum atomic E-state index is 11.8. The fourth-order valence-electron chi connectivity index (χ4n) is 2.06. The number of esters is 1. The van der Waals surface area contributed by atoms with E-state index in [-0.39, 0.29) is 24.0 Å². The SMILES string of the molecule is CC(=O)O[C@@H](C)/C=C\C(=O)N[C@@H]1C[C@H](C)CO[C@@H]1C.